The summed E-state index contributed by atoms with van der Waals surface area (Å²) in [6.07, 6.45) is 8.89. The van der Waals surface area contributed by atoms with E-state index in [1.165, 1.54) is 0 Å². The first-order valence-electron chi connectivity index (χ1n) is 19.1. The van der Waals surface area contributed by atoms with Crippen LogP contribution in [0.15, 0.2) is 107 Å². The Morgan fingerprint density at radius 2 is 1.24 bits per heavy atom. The van der Waals surface area contributed by atoms with Crippen molar-refractivity contribution in [1.82, 2.24) is 60.1 Å². The highest BCUT2D eigenvalue weighted by Crippen LogP contribution is 2.45. The number of nitrogens with zero attached hydrogens (tertiary/aromatic N) is 10. The van der Waals surface area contributed by atoms with Crippen LogP contribution in [-0.4, -0.2) is 73.9 Å². The Bertz CT molecular complexity index is 2750. The second-order valence-corrected chi connectivity index (χ2v) is 14.0. The molecule has 18 nitrogen and oxygen atoms in total. The van der Waals surface area contributed by atoms with Crippen molar-refractivity contribution in [3.8, 4) is 45.3 Å². The molecule has 1 saturated carbocycles. The number of hydrogen-bond donors (Lipinski definition) is 2. The number of hydrogen-bond acceptors (Lipinski definition) is 14. The SMILES string of the molecule is CCOC(=O)C(C(=O)NCc1nc(-c2cccc(-c3cn4ncccc4n3)c2)no1)C1(C(=O)NCc2nc(-c3cccc(-c4cn5ncccc5n4)c3)no2)CCCC1. The molecule has 6 aromatic heterocycles. The Hall–Kier alpha value is -7.63. The van der Waals surface area contributed by atoms with Gasteiger partial charge in [-0.15, -0.1) is 0 Å². The molecule has 2 N–H and O–H groups in total. The van der Waals surface area contributed by atoms with Crippen LogP contribution in [0.5, 0.6) is 0 Å². The van der Waals surface area contributed by atoms with E-state index in [0.29, 0.717) is 59.8 Å². The zero-order valence-electron chi connectivity index (χ0n) is 31.7. The van der Waals surface area contributed by atoms with Gasteiger partial charge in [0.1, 0.15) is 5.92 Å². The number of rotatable bonds is 13. The summed E-state index contributed by atoms with van der Waals surface area (Å²) in [4.78, 5) is 59.8. The summed E-state index contributed by atoms with van der Waals surface area (Å²) < 4.78 is 19.7. The van der Waals surface area contributed by atoms with Crippen molar-refractivity contribution >= 4 is 29.1 Å². The topological polar surface area (TPSA) is 223 Å². The van der Waals surface area contributed by atoms with Crippen molar-refractivity contribution in [3.05, 3.63) is 109 Å². The maximum absolute atomic E-state index is 14.1. The van der Waals surface area contributed by atoms with Crippen LogP contribution in [0.4, 0.5) is 0 Å². The summed E-state index contributed by atoms with van der Waals surface area (Å²) in [6, 6.07) is 22.4. The van der Waals surface area contributed by atoms with Crippen LogP contribution in [0.2, 0.25) is 0 Å². The summed E-state index contributed by atoms with van der Waals surface area (Å²) in [7, 11) is 0. The molecule has 59 heavy (non-hydrogen) atoms. The molecular formula is C41H36N12O6. The Morgan fingerprint density at radius 3 is 1.76 bits per heavy atom. The fraction of sp³-hybridized carbons (Fsp3) is 0.244. The molecule has 0 spiro atoms. The minimum Gasteiger partial charge on any atom is -0.465 e. The number of aromatic nitrogens is 10. The van der Waals surface area contributed by atoms with Gasteiger partial charge in [-0.1, -0.05) is 59.6 Å². The highest BCUT2D eigenvalue weighted by Gasteiger charge is 2.55. The fourth-order valence-electron chi connectivity index (χ4n) is 7.52. The van der Waals surface area contributed by atoms with Crippen molar-refractivity contribution in [3.63, 3.8) is 0 Å². The molecule has 18 heteroatoms. The molecule has 0 bridgehead atoms. The lowest BCUT2D eigenvalue weighted by molar-refractivity contribution is -0.163. The Kier molecular flexibility index (Phi) is 9.85. The summed E-state index contributed by atoms with van der Waals surface area (Å²) >= 11 is 0. The number of ether oxygens (including phenoxy) is 1. The predicted molar refractivity (Wildman–Crippen MR) is 208 cm³/mol. The highest BCUT2D eigenvalue weighted by molar-refractivity contribution is 6.04. The van der Waals surface area contributed by atoms with Crippen molar-refractivity contribution in [2.24, 2.45) is 11.3 Å². The standard InChI is InChI=1S/C41H36N12O6/c1-2-57-39(55)35(38(54)42-21-33-48-36(50-58-33)27-11-5-9-25(19-27)29-23-52-31(46-29)13-7-17-44-52)41(15-3-4-16-41)40(56)43-22-34-49-37(51-59-34)28-12-6-10-26(20-28)30-24-53-32(47-30)14-8-18-45-53/h5-14,17-20,23-24,35H,2-4,15-16,21-22H2,1H3,(H,42,54)(H,43,56). The molecule has 1 aliphatic carbocycles. The number of fused-ring (bicyclic) bond motifs is 2. The smallest absolute Gasteiger partial charge is 0.319 e. The maximum Gasteiger partial charge on any atom is 0.319 e. The van der Waals surface area contributed by atoms with E-state index in [9.17, 15) is 14.4 Å². The zero-order valence-corrected chi connectivity index (χ0v) is 31.7. The van der Waals surface area contributed by atoms with E-state index >= 15 is 0 Å². The third-order valence-electron chi connectivity index (χ3n) is 10.3. The van der Waals surface area contributed by atoms with Crippen LogP contribution in [-0.2, 0) is 32.2 Å². The first kappa shape index (κ1) is 37.0. The lowest BCUT2D eigenvalue weighted by Crippen LogP contribution is -2.53. The van der Waals surface area contributed by atoms with Crippen LogP contribution in [0.25, 0.3) is 56.6 Å². The van der Waals surface area contributed by atoms with E-state index in [2.05, 4.69) is 51.1 Å². The number of amides is 2. The van der Waals surface area contributed by atoms with Gasteiger partial charge in [-0.25, -0.2) is 19.0 Å². The average Bonchev–Trinajstić information content (AvgIpc) is 4.12. The Labute approximate surface area is 335 Å². The summed E-state index contributed by atoms with van der Waals surface area (Å²) in [5.41, 5.74) is 4.50. The molecule has 296 valence electrons. The lowest BCUT2D eigenvalue weighted by Gasteiger charge is -2.33. The van der Waals surface area contributed by atoms with Gasteiger partial charge in [0.15, 0.2) is 11.3 Å². The normalized spacial score (nSPS) is 14.1. The molecule has 1 aliphatic rings. The van der Waals surface area contributed by atoms with E-state index in [-0.39, 0.29) is 31.5 Å². The van der Waals surface area contributed by atoms with E-state index in [0.717, 1.165) is 22.5 Å². The first-order chi connectivity index (χ1) is 28.9. The first-order valence-corrected chi connectivity index (χ1v) is 19.1. The molecular weight excluding hydrogens is 757 g/mol. The van der Waals surface area contributed by atoms with Crippen molar-refractivity contribution in [1.29, 1.82) is 0 Å². The zero-order chi connectivity index (χ0) is 40.3. The quantitative estimate of drug-likeness (QED) is 0.117. The van der Waals surface area contributed by atoms with E-state index in [1.807, 2.05) is 85.2 Å². The van der Waals surface area contributed by atoms with Gasteiger partial charge in [-0.2, -0.15) is 20.2 Å². The predicted octanol–water partition coefficient (Wildman–Crippen LogP) is 4.88. The number of imidazole rings is 2. The monoisotopic (exact) mass is 792 g/mol. The molecule has 1 atom stereocenters. The van der Waals surface area contributed by atoms with Gasteiger partial charge in [-0.3, -0.25) is 14.4 Å². The third kappa shape index (κ3) is 7.38. The van der Waals surface area contributed by atoms with Gasteiger partial charge in [0, 0.05) is 34.6 Å². The maximum atomic E-state index is 14.1. The molecule has 0 radical (unpaired) electrons. The number of benzene rings is 2. The summed E-state index contributed by atoms with van der Waals surface area (Å²) in [5.74, 6) is -2.55. The molecule has 0 saturated heterocycles. The fourth-order valence-corrected chi connectivity index (χ4v) is 7.52. The Morgan fingerprint density at radius 1 is 0.712 bits per heavy atom. The van der Waals surface area contributed by atoms with Gasteiger partial charge in [0.25, 0.3) is 0 Å². The molecule has 1 unspecified atom stereocenters. The minimum atomic E-state index is -1.44. The van der Waals surface area contributed by atoms with E-state index in [1.54, 1.807) is 28.3 Å². The van der Waals surface area contributed by atoms with Gasteiger partial charge >= 0.3 is 5.97 Å². The van der Waals surface area contributed by atoms with Gasteiger partial charge in [0.05, 0.1) is 48.9 Å². The molecule has 1 fully saturated rings. The summed E-state index contributed by atoms with van der Waals surface area (Å²) in [6.45, 7) is 1.37. The van der Waals surface area contributed by atoms with Gasteiger partial charge in [-0.05, 0) is 56.2 Å². The Balaban J connectivity index is 0.875. The average molecular weight is 793 g/mol. The van der Waals surface area contributed by atoms with Crippen LogP contribution >= 0.6 is 0 Å². The second-order valence-electron chi connectivity index (χ2n) is 14.0. The van der Waals surface area contributed by atoms with E-state index < -0.39 is 29.1 Å². The number of nitrogens with one attached hydrogen (secondary N) is 2. The molecule has 2 aromatic carbocycles. The van der Waals surface area contributed by atoms with Crippen molar-refractivity contribution < 1.29 is 28.2 Å². The molecule has 6 heterocycles. The molecule has 9 rings (SSSR count). The largest absolute Gasteiger partial charge is 0.465 e. The van der Waals surface area contributed by atoms with Crippen molar-refractivity contribution in [2.45, 2.75) is 45.7 Å². The molecule has 2 amide bonds. The molecule has 0 aliphatic heterocycles. The van der Waals surface area contributed by atoms with Crippen molar-refractivity contribution in [2.75, 3.05) is 6.61 Å². The van der Waals surface area contributed by atoms with Crippen LogP contribution in [0.1, 0.15) is 44.4 Å². The summed E-state index contributed by atoms with van der Waals surface area (Å²) in [5, 5.41) is 22.4. The number of esters is 1. The van der Waals surface area contributed by atoms with Crippen LogP contribution < -0.4 is 10.6 Å². The van der Waals surface area contributed by atoms with Crippen LogP contribution in [0.3, 0.4) is 0 Å². The van der Waals surface area contributed by atoms with E-state index in [4.69, 9.17) is 13.8 Å². The van der Waals surface area contributed by atoms with Gasteiger partial charge < -0.3 is 24.4 Å². The molecule has 8 aromatic rings. The minimum absolute atomic E-state index is 0.0257. The number of carbonyl (C=O) groups is 3. The lowest BCUT2D eigenvalue weighted by atomic mass is 9.72. The highest BCUT2D eigenvalue weighted by atomic mass is 16.5. The van der Waals surface area contributed by atoms with Gasteiger partial charge in [0.2, 0.25) is 35.2 Å². The van der Waals surface area contributed by atoms with Crippen LogP contribution in [0, 0.1) is 11.3 Å². The second kappa shape index (κ2) is 15.7. The third-order valence-corrected chi connectivity index (χ3v) is 10.3. The number of carbonyl (C=O) groups excluding carboxylic acids is 3.